The molecular formula is C58H87N3O15. The molecule has 18 heteroatoms. The SMILES string of the molecule is C1CC2(CCN1)CCOCC2.CO[C@@H]1[C@H](OC(=O)N2CCC3(CCOCC3)CC2)CC[C@]2(CO2)[C@H]1[C@@]1(C)O[C@@H]1CC=C(C)C.CO[C@@H]1[C@H](OC(=O)Oc2ccc([N+](=O)[O-])cc2)CC[C@]2(CO2)[C@H]1[C@@]1(C)O[C@@H]1CC=C(C)C. The van der Waals surface area contributed by atoms with E-state index in [1.165, 1.54) is 74.2 Å². The summed E-state index contributed by atoms with van der Waals surface area (Å²) in [6.45, 7) is 21.7. The van der Waals surface area contributed by atoms with E-state index in [1.807, 2.05) is 4.90 Å². The third-order valence-electron chi connectivity index (χ3n) is 19.1. The summed E-state index contributed by atoms with van der Waals surface area (Å²) >= 11 is 0. The maximum absolute atomic E-state index is 13.1. The molecule has 2 aliphatic carbocycles. The van der Waals surface area contributed by atoms with E-state index >= 15 is 0 Å². The molecule has 8 heterocycles. The fraction of sp³-hybridized carbons (Fsp3) is 0.793. The molecule has 12 atom stereocenters. The highest BCUT2D eigenvalue weighted by Crippen LogP contribution is 2.61. The molecule has 76 heavy (non-hydrogen) atoms. The van der Waals surface area contributed by atoms with Crippen LogP contribution in [0.1, 0.15) is 131 Å². The minimum absolute atomic E-state index is 0.0592. The molecule has 0 radical (unpaired) electrons. The molecule has 8 aliphatic heterocycles. The molecule has 18 nitrogen and oxygen atoms in total. The number of non-ortho nitro benzene ring substituents is 1. The lowest BCUT2D eigenvalue weighted by Gasteiger charge is -2.45. The van der Waals surface area contributed by atoms with Gasteiger partial charge in [-0.1, -0.05) is 23.3 Å². The first-order chi connectivity index (χ1) is 36.4. The number of allylic oxidation sites excluding steroid dienone is 2. The predicted octanol–water partition coefficient (Wildman–Crippen LogP) is 9.45. The third kappa shape index (κ3) is 12.8. The van der Waals surface area contributed by atoms with Crippen molar-refractivity contribution < 1.29 is 66.6 Å². The van der Waals surface area contributed by atoms with Crippen LogP contribution in [0, 0.1) is 32.8 Å². The summed E-state index contributed by atoms with van der Waals surface area (Å²) in [5.41, 5.74) is 2.24. The van der Waals surface area contributed by atoms with Crippen molar-refractivity contribution in [3.63, 3.8) is 0 Å². The second-order valence-electron chi connectivity index (χ2n) is 24.4. The van der Waals surface area contributed by atoms with Gasteiger partial charge in [0.25, 0.3) is 5.69 Å². The van der Waals surface area contributed by atoms with Gasteiger partial charge in [-0.2, -0.15) is 0 Å². The Kier molecular flexibility index (Phi) is 17.7. The third-order valence-corrected chi connectivity index (χ3v) is 19.1. The van der Waals surface area contributed by atoms with Crippen LogP contribution >= 0.6 is 0 Å². The summed E-state index contributed by atoms with van der Waals surface area (Å²) in [5, 5.41) is 14.2. The van der Waals surface area contributed by atoms with Gasteiger partial charge in [-0.25, -0.2) is 9.59 Å². The summed E-state index contributed by atoms with van der Waals surface area (Å²) in [6.07, 6.45) is 16.5. The summed E-state index contributed by atoms with van der Waals surface area (Å²) in [5.74, 6) is 0.147. The Morgan fingerprint density at radius 1 is 0.684 bits per heavy atom. The van der Waals surface area contributed by atoms with E-state index in [0.29, 0.717) is 23.9 Å². The molecule has 11 rings (SSSR count). The van der Waals surface area contributed by atoms with Crippen molar-refractivity contribution >= 4 is 17.9 Å². The van der Waals surface area contributed by atoms with Gasteiger partial charge in [0.2, 0.25) is 0 Å². The molecule has 8 saturated heterocycles. The van der Waals surface area contributed by atoms with Crippen LogP contribution in [0.2, 0.25) is 0 Å². The number of piperidine rings is 2. The number of nitrogens with one attached hydrogen (secondary N) is 1. The van der Waals surface area contributed by atoms with Crippen molar-refractivity contribution in [3.8, 4) is 5.75 Å². The zero-order chi connectivity index (χ0) is 53.9. The number of nitro benzene ring substituents is 1. The maximum atomic E-state index is 13.1. The van der Waals surface area contributed by atoms with Crippen molar-refractivity contribution in [2.45, 2.75) is 190 Å². The van der Waals surface area contributed by atoms with Gasteiger partial charge in [0.1, 0.15) is 52.6 Å². The van der Waals surface area contributed by atoms with Gasteiger partial charge in [0, 0.05) is 65.9 Å². The molecule has 10 fully saturated rings. The van der Waals surface area contributed by atoms with Crippen LogP contribution in [0.4, 0.5) is 15.3 Å². The molecule has 2 saturated carbocycles. The number of amides is 1. The Hall–Kier alpha value is -3.72. The van der Waals surface area contributed by atoms with E-state index < -0.39 is 28.9 Å². The van der Waals surface area contributed by atoms with Crippen molar-refractivity contribution in [1.82, 2.24) is 10.2 Å². The lowest BCUT2D eigenvalue weighted by molar-refractivity contribution is -0.384. The zero-order valence-corrected chi connectivity index (χ0v) is 46.6. The van der Waals surface area contributed by atoms with Crippen LogP contribution in [0.15, 0.2) is 47.6 Å². The van der Waals surface area contributed by atoms with Gasteiger partial charge in [-0.05, 0) is 167 Å². The maximum Gasteiger partial charge on any atom is 0.514 e. The second-order valence-corrected chi connectivity index (χ2v) is 24.4. The Morgan fingerprint density at radius 3 is 1.55 bits per heavy atom. The lowest BCUT2D eigenvalue weighted by atomic mass is 9.68. The molecule has 1 aromatic rings. The number of rotatable bonds is 12. The van der Waals surface area contributed by atoms with E-state index in [2.05, 4.69) is 59.0 Å². The summed E-state index contributed by atoms with van der Waals surface area (Å²) in [6, 6.07) is 5.25. The Labute approximate surface area is 450 Å². The molecule has 1 N–H and O–H groups in total. The minimum atomic E-state index is -0.875. The Balaban J connectivity index is 0.000000155. The van der Waals surface area contributed by atoms with Gasteiger partial charge < -0.3 is 62.3 Å². The standard InChI is InChI=1S/C26H41NO6.C23H29NO8.C9H17NO/c1-18(2)5-6-20-24(3,33-20)22-21(29-4)19(7-8-26(22)17-31-26)32-23(28)27-13-9-25(10-14-27)11-15-30-16-12-25;1-14(2)5-10-18-22(3,32-18)20-19(28-4)17(11-12-23(20)13-29-23)31-21(25)30-16-8-6-15(7-9-16)24(26)27;1-5-10-6-2-9(1)3-7-11-8-4-9/h5,19-22H,6-17H2,1-4H3;5-9,17-20H,10-13H2,1-4H3;10H,1-8H2/t19-,20-,21-,22-,24+,26+;17-,18-,19-,20-,22+,23+;/m11./s1. The monoisotopic (exact) mass is 1070 g/mol. The smallest absolute Gasteiger partial charge is 0.443 e. The van der Waals surface area contributed by atoms with E-state index in [-0.39, 0.29) is 70.6 Å². The van der Waals surface area contributed by atoms with E-state index in [9.17, 15) is 19.7 Å². The van der Waals surface area contributed by atoms with Crippen molar-refractivity contribution in [2.24, 2.45) is 22.7 Å². The minimum Gasteiger partial charge on any atom is -0.443 e. The highest BCUT2D eigenvalue weighted by Gasteiger charge is 2.73. The summed E-state index contributed by atoms with van der Waals surface area (Å²) in [4.78, 5) is 37.7. The van der Waals surface area contributed by atoms with Crippen LogP contribution < -0.4 is 10.1 Å². The summed E-state index contributed by atoms with van der Waals surface area (Å²) in [7, 11) is 3.33. The van der Waals surface area contributed by atoms with Crippen LogP contribution in [0.25, 0.3) is 0 Å². The largest absolute Gasteiger partial charge is 0.514 e. The number of carbonyl (C=O) groups excluding carboxylic acids is 2. The number of methoxy groups -OCH3 is 2. The van der Waals surface area contributed by atoms with Crippen molar-refractivity contribution in [3.05, 3.63) is 57.7 Å². The number of ether oxygens (including phenoxy) is 11. The normalized spacial score (nSPS) is 37.3. The van der Waals surface area contributed by atoms with Gasteiger partial charge >= 0.3 is 12.2 Å². The van der Waals surface area contributed by atoms with Gasteiger partial charge in [0.05, 0.1) is 42.2 Å². The molecule has 0 unspecified atom stereocenters. The number of hydrogen-bond acceptors (Lipinski definition) is 16. The fourth-order valence-electron chi connectivity index (χ4n) is 14.0. The van der Waals surface area contributed by atoms with E-state index in [0.717, 1.165) is 104 Å². The quantitative estimate of drug-likeness (QED) is 0.0516. The second kappa shape index (κ2) is 23.5. The highest BCUT2D eigenvalue weighted by atomic mass is 16.7. The number of nitro groups is 1. The predicted molar refractivity (Wildman–Crippen MR) is 281 cm³/mol. The molecule has 1 aromatic carbocycles. The highest BCUT2D eigenvalue weighted by molar-refractivity contribution is 5.68. The van der Waals surface area contributed by atoms with E-state index in [1.54, 1.807) is 14.2 Å². The molecular weight excluding hydrogens is 979 g/mol. The first-order valence-corrected chi connectivity index (χ1v) is 28.3. The molecule has 1 amide bonds. The number of carbonyl (C=O) groups is 2. The van der Waals surface area contributed by atoms with Crippen molar-refractivity contribution in [1.29, 1.82) is 0 Å². The molecule has 0 bridgehead atoms. The topological polar surface area (TPSA) is 207 Å². The number of likely N-dealkylation sites (tertiary alicyclic amines) is 1. The van der Waals surface area contributed by atoms with Gasteiger partial charge in [-0.3, -0.25) is 10.1 Å². The average Bonchev–Trinajstić information content (AvgIpc) is 4.38. The number of hydrogen-bond donors (Lipinski definition) is 1. The summed E-state index contributed by atoms with van der Waals surface area (Å²) < 4.78 is 64.1. The van der Waals surface area contributed by atoms with Gasteiger partial charge in [0.15, 0.2) is 0 Å². The zero-order valence-electron chi connectivity index (χ0n) is 46.6. The Bertz CT molecular complexity index is 2190. The number of benzene rings is 1. The van der Waals surface area contributed by atoms with Crippen LogP contribution in [-0.4, -0.2) is 161 Å². The van der Waals surface area contributed by atoms with Crippen LogP contribution in [-0.2, 0) is 47.4 Å². The van der Waals surface area contributed by atoms with Crippen LogP contribution in [0.5, 0.6) is 5.75 Å². The van der Waals surface area contributed by atoms with Crippen molar-refractivity contribution in [2.75, 3.05) is 80.0 Å². The average molecular weight is 1070 g/mol. The molecule has 0 aromatic heterocycles. The van der Waals surface area contributed by atoms with Crippen LogP contribution in [0.3, 0.4) is 0 Å². The Morgan fingerprint density at radius 2 is 1.13 bits per heavy atom. The number of epoxide rings is 4. The fourth-order valence-corrected chi connectivity index (χ4v) is 14.0. The molecule has 4 spiro atoms. The lowest BCUT2D eigenvalue weighted by Crippen LogP contribution is -2.56. The molecule has 424 valence electrons. The number of nitrogens with zero attached hydrogens (tertiary/aromatic N) is 2. The first-order valence-electron chi connectivity index (χ1n) is 28.3. The van der Waals surface area contributed by atoms with E-state index in [4.69, 9.17) is 52.1 Å². The molecule has 10 aliphatic rings. The van der Waals surface area contributed by atoms with Gasteiger partial charge in [-0.15, -0.1) is 0 Å². The first kappa shape index (κ1) is 57.0.